The molecule has 2 amide bonds. The molecule has 0 unspecified atom stereocenters. The lowest BCUT2D eigenvalue weighted by molar-refractivity contribution is -0.124. The van der Waals surface area contributed by atoms with Crippen LogP contribution in [0.25, 0.3) is 0 Å². The molecule has 0 bridgehead atoms. The fourth-order valence-corrected chi connectivity index (χ4v) is 4.14. The summed E-state index contributed by atoms with van der Waals surface area (Å²) in [6.45, 7) is 3.81. The van der Waals surface area contributed by atoms with Gasteiger partial charge in [-0.25, -0.2) is 17.2 Å². The summed E-state index contributed by atoms with van der Waals surface area (Å²) in [6.07, 6.45) is 1.09. The van der Waals surface area contributed by atoms with Crippen molar-refractivity contribution in [3.05, 3.63) is 53.6 Å². The first-order valence-corrected chi connectivity index (χ1v) is 11.3. The molecule has 9 heteroatoms. The summed E-state index contributed by atoms with van der Waals surface area (Å²) in [5, 5.41) is 2.68. The summed E-state index contributed by atoms with van der Waals surface area (Å²) < 4.78 is 50.8. The number of anilines is 2. The van der Waals surface area contributed by atoms with Gasteiger partial charge in [-0.1, -0.05) is 13.8 Å². The highest BCUT2D eigenvalue weighted by Crippen LogP contribution is 2.36. The van der Waals surface area contributed by atoms with Crippen LogP contribution in [0.4, 0.5) is 20.2 Å². The van der Waals surface area contributed by atoms with Crippen molar-refractivity contribution in [1.29, 1.82) is 0 Å². The van der Waals surface area contributed by atoms with E-state index in [1.165, 1.54) is 23.1 Å². The van der Waals surface area contributed by atoms with Crippen molar-refractivity contribution in [2.75, 3.05) is 16.5 Å². The minimum Gasteiger partial charge on any atom is -0.322 e. The van der Waals surface area contributed by atoms with Crippen molar-refractivity contribution in [1.82, 2.24) is 0 Å². The van der Waals surface area contributed by atoms with E-state index in [-0.39, 0.29) is 28.5 Å². The molecule has 2 aromatic carbocycles. The first-order chi connectivity index (χ1) is 14.0. The van der Waals surface area contributed by atoms with E-state index in [0.717, 1.165) is 18.4 Å². The maximum absolute atomic E-state index is 13.5. The van der Waals surface area contributed by atoms with Gasteiger partial charge in [-0.2, -0.15) is 0 Å². The number of nitrogens with zero attached hydrogens (tertiary/aromatic N) is 1. The summed E-state index contributed by atoms with van der Waals surface area (Å²) in [4.78, 5) is 27.2. The standard InChI is InChI=1S/C21H22F2N2O4S/c1-12(2)6-19-21(27)24-17-11-16(30(3,28)29)4-5-18(17)25(19)20(26)9-13-7-14(22)10-15(23)8-13/h4-5,7-8,10-12,19H,6,9H2,1-3H3,(H,24,27)/t19-/m0/s1. The molecule has 0 aliphatic carbocycles. The number of hydrogen-bond donors (Lipinski definition) is 1. The van der Waals surface area contributed by atoms with Crippen LogP contribution >= 0.6 is 0 Å². The number of rotatable bonds is 5. The maximum Gasteiger partial charge on any atom is 0.247 e. The number of hydrogen-bond acceptors (Lipinski definition) is 4. The molecule has 2 aromatic rings. The topological polar surface area (TPSA) is 83.6 Å². The van der Waals surface area contributed by atoms with Crippen LogP contribution in [0.1, 0.15) is 25.8 Å². The molecule has 1 heterocycles. The minimum absolute atomic E-state index is 0.00320. The molecular formula is C21H22F2N2O4S. The van der Waals surface area contributed by atoms with E-state index in [1.807, 2.05) is 13.8 Å². The quantitative estimate of drug-likeness (QED) is 0.780. The van der Waals surface area contributed by atoms with Crippen molar-refractivity contribution in [2.45, 2.75) is 37.6 Å². The van der Waals surface area contributed by atoms with Gasteiger partial charge in [0.2, 0.25) is 11.8 Å². The lowest BCUT2D eigenvalue weighted by Gasteiger charge is -2.37. The number of benzene rings is 2. The van der Waals surface area contributed by atoms with Gasteiger partial charge in [0.05, 0.1) is 22.7 Å². The number of halogens is 2. The highest BCUT2D eigenvalue weighted by Gasteiger charge is 2.37. The van der Waals surface area contributed by atoms with E-state index in [1.54, 1.807) is 0 Å². The first kappa shape index (κ1) is 21.9. The average Bonchev–Trinajstić information content (AvgIpc) is 2.59. The van der Waals surface area contributed by atoms with Gasteiger partial charge in [0.1, 0.15) is 17.7 Å². The molecule has 1 atom stereocenters. The Labute approximate surface area is 173 Å². The monoisotopic (exact) mass is 436 g/mol. The fraction of sp³-hybridized carbons (Fsp3) is 0.333. The molecule has 0 spiro atoms. The van der Waals surface area contributed by atoms with Crippen LogP contribution in [0.5, 0.6) is 0 Å². The zero-order valence-corrected chi connectivity index (χ0v) is 17.6. The van der Waals surface area contributed by atoms with E-state index in [0.29, 0.717) is 18.2 Å². The number of amides is 2. The Balaban J connectivity index is 2.05. The number of carbonyl (C=O) groups is 2. The highest BCUT2D eigenvalue weighted by molar-refractivity contribution is 7.90. The third kappa shape index (κ3) is 4.67. The van der Waals surface area contributed by atoms with Gasteiger partial charge < -0.3 is 5.32 Å². The Morgan fingerprint density at radius 1 is 1.13 bits per heavy atom. The van der Waals surface area contributed by atoms with Crippen LogP contribution in [0.15, 0.2) is 41.3 Å². The lowest BCUT2D eigenvalue weighted by atomic mass is 9.97. The molecule has 6 nitrogen and oxygen atoms in total. The van der Waals surface area contributed by atoms with Gasteiger partial charge >= 0.3 is 0 Å². The van der Waals surface area contributed by atoms with Crippen LogP contribution in [-0.2, 0) is 25.8 Å². The Kier molecular flexibility index (Phi) is 5.94. The van der Waals surface area contributed by atoms with E-state index in [2.05, 4.69) is 5.32 Å². The molecule has 3 rings (SSSR count). The summed E-state index contributed by atoms with van der Waals surface area (Å²) in [5.41, 5.74) is 0.678. The van der Waals surface area contributed by atoms with E-state index < -0.39 is 39.3 Å². The minimum atomic E-state index is -3.52. The van der Waals surface area contributed by atoms with E-state index in [4.69, 9.17) is 0 Å². The van der Waals surface area contributed by atoms with Gasteiger partial charge in [-0.3, -0.25) is 14.5 Å². The summed E-state index contributed by atoms with van der Waals surface area (Å²) >= 11 is 0. The molecular weight excluding hydrogens is 414 g/mol. The number of carbonyl (C=O) groups excluding carboxylic acids is 2. The van der Waals surface area contributed by atoms with Crippen LogP contribution in [-0.4, -0.2) is 32.5 Å². The molecule has 30 heavy (non-hydrogen) atoms. The largest absolute Gasteiger partial charge is 0.322 e. The Hall–Kier alpha value is -2.81. The highest BCUT2D eigenvalue weighted by atomic mass is 32.2. The summed E-state index contributed by atoms with van der Waals surface area (Å²) in [6, 6.07) is 6.14. The molecule has 0 aromatic heterocycles. The zero-order chi connectivity index (χ0) is 22.2. The average molecular weight is 436 g/mol. The molecule has 0 saturated carbocycles. The van der Waals surface area contributed by atoms with Crippen LogP contribution in [0, 0.1) is 17.6 Å². The van der Waals surface area contributed by atoms with Crippen LogP contribution in [0.2, 0.25) is 0 Å². The molecule has 0 radical (unpaired) electrons. The van der Waals surface area contributed by atoms with Crippen LogP contribution < -0.4 is 10.2 Å². The van der Waals surface area contributed by atoms with Crippen molar-refractivity contribution >= 4 is 33.0 Å². The summed E-state index contributed by atoms with van der Waals surface area (Å²) in [7, 11) is -3.52. The third-order valence-corrected chi connectivity index (χ3v) is 5.88. The Morgan fingerprint density at radius 2 is 1.77 bits per heavy atom. The van der Waals surface area contributed by atoms with Gasteiger partial charge in [-0.15, -0.1) is 0 Å². The van der Waals surface area contributed by atoms with Crippen molar-refractivity contribution in [3.8, 4) is 0 Å². The number of fused-ring (bicyclic) bond motifs is 1. The summed E-state index contributed by atoms with van der Waals surface area (Å²) in [5.74, 6) is -2.48. The van der Waals surface area contributed by atoms with Gasteiger partial charge in [-0.05, 0) is 48.2 Å². The van der Waals surface area contributed by atoms with Gasteiger partial charge in [0, 0.05) is 12.3 Å². The molecule has 1 aliphatic heterocycles. The second-order valence-corrected chi connectivity index (χ2v) is 9.82. The Morgan fingerprint density at radius 3 is 2.33 bits per heavy atom. The second-order valence-electron chi connectivity index (χ2n) is 7.80. The van der Waals surface area contributed by atoms with Crippen LogP contribution in [0.3, 0.4) is 0 Å². The molecule has 0 saturated heterocycles. The van der Waals surface area contributed by atoms with Crippen molar-refractivity contribution in [2.24, 2.45) is 5.92 Å². The van der Waals surface area contributed by atoms with Crippen molar-refractivity contribution < 1.29 is 26.8 Å². The fourth-order valence-electron chi connectivity index (χ4n) is 3.50. The number of sulfone groups is 1. The maximum atomic E-state index is 13.5. The molecule has 0 fully saturated rings. The van der Waals surface area contributed by atoms with E-state index >= 15 is 0 Å². The predicted octanol–water partition coefficient (Wildman–Crippen LogP) is 3.31. The third-order valence-electron chi connectivity index (χ3n) is 4.77. The van der Waals surface area contributed by atoms with Gasteiger partial charge in [0.25, 0.3) is 0 Å². The SMILES string of the molecule is CC(C)C[C@H]1C(=O)Nc2cc(S(C)(=O)=O)ccc2N1C(=O)Cc1cc(F)cc(F)c1. The second kappa shape index (κ2) is 8.14. The number of nitrogens with one attached hydrogen (secondary N) is 1. The normalized spacial score (nSPS) is 16.4. The van der Waals surface area contributed by atoms with Crippen molar-refractivity contribution in [3.63, 3.8) is 0 Å². The van der Waals surface area contributed by atoms with E-state index in [9.17, 15) is 26.8 Å². The van der Waals surface area contributed by atoms with Gasteiger partial charge in [0.15, 0.2) is 9.84 Å². The zero-order valence-electron chi connectivity index (χ0n) is 16.8. The first-order valence-electron chi connectivity index (χ1n) is 9.37. The smallest absolute Gasteiger partial charge is 0.247 e. The Bertz CT molecular complexity index is 1100. The molecule has 160 valence electrons. The predicted molar refractivity (Wildman–Crippen MR) is 109 cm³/mol. The molecule has 1 aliphatic rings. The molecule has 1 N–H and O–H groups in total. The lowest BCUT2D eigenvalue weighted by Crippen LogP contribution is -2.52.